The van der Waals surface area contributed by atoms with Crippen LogP contribution in [0.5, 0.6) is 0 Å². The van der Waals surface area contributed by atoms with Gasteiger partial charge in [-0.3, -0.25) is 4.79 Å². The molecule has 21 heavy (non-hydrogen) atoms. The Hall–Kier alpha value is -2.03. The van der Waals surface area contributed by atoms with Gasteiger partial charge < -0.3 is 10.6 Å². The molecule has 2 aromatic carbocycles. The van der Waals surface area contributed by atoms with Gasteiger partial charge in [-0.25, -0.2) is 0 Å². The topological polar surface area (TPSA) is 46.3 Å². The lowest BCUT2D eigenvalue weighted by molar-refractivity contribution is 0.100. The minimum atomic E-state index is -0.318. The summed E-state index contributed by atoms with van der Waals surface area (Å²) in [6.07, 6.45) is 4.58. The summed E-state index contributed by atoms with van der Waals surface area (Å²) >= 11 is 0. The Morgan fingerprint density at radius 3 is 2.57 bits per heavy atom. The van der Waals surface area contributed by atoms with E-state index in [2.05, 4.69) is 24.0 Å². The predicted molar refractivity (Wildman–Crippen MR) is 87.9 cm³/mol. The first-order valence-corrected chi connectivity index (χ1v) is 7.81. The summed E-state index contributed by atoms with van der Waals surface area (Å²) in [7, 11) is 0. The van der Waals surface area contributed by atoms with Crippen molar-refractivity contribution in [1.82, 2.24) is 0 Å². The maximum absolute atomic E-state index is 12.0. The Bertz CT molecular complexity index is 672. The van der Waals surface area contributed by atoms with Gasteiger partial charge >= 0.3 is 0 Å². The van der Waals surface area contributed by atoms with Crippen LogP contribution in [0.4, 0.5) is 5.69 Å². The van der Waals surface area contributed by atoms with Crippen LogP contribution in [0.3, 0.4) is 0 Å². The van der Waals surface area contributed by atoms with Gasteiger partial charge in [0.2, 0.25) is 5.91 Å². The van der Waals surface area contributed by atoms with Gasteiger partial charge in [0.15, 0.2) is 0 Å². The number of rotatable bonds is 3. The number of carbonyl (C=O) groups is 1. The molecule has 3 rings (SSSR count). The summed E-state index contributed by atoms with van der Waals surface area (Å²) in [6.45, 7) is 4.25. The fraction of sp³-hybridized carbons (Fsp3) is 0.389. The molecule has 1 aliphatic rings. The quantitative estimate of drug-likeness (QED) is 0.936. The van der Waals surface area contributed by atoms with Crippen LogP contribution in [-0.4, -0.2) is 19.0 Å². The van der Waals surface area contributed by atoms with Gasteiger partial charge in [-0.05, 0) is 48.1 Å². The van der Waals surface area contributed by atoms with Gasteiger partial charge in [-0.15, -0.1) is 0 Å². The molecule has 1 amide bonds. The van der Waals surface area contributed by atoms with E-state index in [-0.39, 0.29) is 5.91 Å². The molecule has 0 atom stereocenters. The number of benzene rings is 2. The molecule has 0 radical (unpaired) electrons. The fourth-order valence-corrected chi connectivity index (χ4v) is 3.43. The number of anilines is 1. The number of nitrogens with two attached hydrogens (primary N) is 1. The number of hydrogen-bond acceptors (Lipinski definition) is 2. The lowest BCUT2D eigenvalue weighted by atomic mass is 9.93. The van der Waals surface area contributed by atoms with Crippen molar-refractivity contribution in [3.63, 3.8) is 0 Å². The molecule has 110 valence electrons. The third-order valence-electron chi connectivity index (χ3n) is 4.43. The third-order valence-corrected chi connectivity index (χ3v) is 4.43. The Labute approximate surface area is 125 Å². The molecule has 0 aliphatic carbocycles. The summed E-state index contributed by atoms with van der Waals surface area (Å²) in [5.41, 5.74) is 8.70. The van der Waals surface area contributed by atoms with Crippen molar-refractivity contribution in [2.24, 2.45) is 5.73 Å². The van der Waals surface area contributed by atoms with E-state index in [0.29, 0.717) is 5.56 Å². The lowest BCUT2D eigenvalue weighted by Gasteiger charge is -2.31. The Morgan fingerprint density at radius 2 is 1.90 bits per heavy atom. The van der Waals surface area contributed by atoms with Crippen LogP contribution in [-0.2, 0) is 6.42 Å². The Kier molecular flexibility index (Phi) is 3.82. The fourth-order valence-electron chi connectivity index (χ4n) is 3.43. The average molecular weight is 282 g/mol. The summed E-state index contributed by atoms with van der Waals surface area (Å²) in [6, 6.07) is 10.3. The highest BCUT2D eigenvalue weighted by Crippen LogP contribution is 2.33. The molecule has 1 heterocycles. The molecule has 3 nitrogen and oxygen atoms in total. The molecule has 0 unspecified atom stereocenters. The standard InChI is InChI=1S/C18H22N2O/c1-2-14-16(20-10-6-3-7-11-20)12-13-8-4-5-9-15(13)17(14)18(19)21/h4-5,8-9,12H,2-3,6-7,10-11H2,1H3,(H2,19,21). The molecule has 1 saturated heterocycles. The smallest absolute Gasteiger partial charge is 0.249 e. The monoisotopic (exact) mass is 282 g/mol. The maximum Gasteiger partial charge on any atom is 0.249 e. The molecule has 1 aliphatic heterocycles. The normalized spacial score (nSPS) is 15.4. The molecule has 0 bridgehead atoms. The van der Waals surface area contributed by atoms with Gasteiger partial charge in [0.25, 0.3) is 0 Å². The third kappa shape index (κ3) is 2.48. The zero-order chi connectivity index (χ0) is 14.8. The van der Waals surface area contributed by atoms with Crippen LogP contribution in [0.2, 0.25) is 0 Å². The van der Waals surface area contributed by atoms with Gasteiger partial charge in [-0.2, -0.15) is 0 Å². The number of primary amides is 1. The van der Waals surface area contributed by atoms with E-state index < -0.39 is 0 Å². The molecule has 0 saturated carbocycles. The first kappa shape index (κ1) is 13.9. The average Bonchev–Trinajstić information content (AvgIpc) is 2.53. The number of fused-ring (bicyclic) bond motifs is 1. The highest BCUT2D eigenvalue weighted by molar-refractivity contribution is 6.09. The summed E-state index contributed by atoms with van der Waals surface area (Å²) < 4.78 is 0. The van der Waals surface area contributed by atoms with Gasteiger partial charge in [-0.1, -0.05) is 31.2 Å². The Balaban J connectivity index is 2.25. The van der Waals surface area contributed by atoms with Crippen molar-refractivity contribution in [1.29, 1.82) is 0 Å². The second-order valence-electron chi connectivity index (χ2n) is 5.74. The van der Waals surface area contributed by atoms with Crippen LogP contribution in [0.25, 0.3) is 10.8 Å². The van der Waals surface area contributed by atoms with E-state index in [1.54, 1.807) is 0 Å². The highest BCUT2D eigenvalue weighted by Gasteiger charge is 2.20. The molecule has 0 spiro atoms. The predicted octanol–water partition coefficient (Wildman–Crippen LogP) is 3.49. The van der Waals surface area contributed by atoms with Crippen molar-refractivity contribution in [3.05, 3.63) is 41.5 Å². The summed E-state index contributed by atoms with van der Waals surface area (Å²) in [5, 5.41) is 2.08. The highest BCUT2D eigenvalue weighted by atomic mass is 16.1. The van der Waals surface area contributed by atoms with Crippen LogP contribution in [0.1, 0.15) is 42.1 Å². The van der Waals surface area contributed by atoms with E-state index >= 15 is 0 Å². The lowest BCUT2D eigenvalue weighted by Crippen LogP contribution is -2.31. The van der Waals surface area contributed by atoms with Crippen molar-refractivity contribution in [3.8, 4) is 0 Å². The minimum Gasteiger partial charge on any atom is -0.371 e. The number of hydrogen-bond donors (Lipinski definition) is 1. The zero-order valence-corrected chi connectivity index (χ0v) is 12.6. The van der Waals surface area contributed by atoms with Crippen molar-refractivity contribution < 1.29 is 4.79 Å². The van der Waals surface area contributed by atoms with Crippen molar-refractivity contribution >= 4 is 22.4 Å². The first-order valence-electron chi connectivity index (χ1n) is 7.81. The van der Waals surface area contributed by atoms with Crippen molar-refractivity contribution in [2.75, 3.05) is 18.0 Å². The maximum atomic E-state index is 12.0. The molecule has 3 heteroatoms. The van der Waals surface area contributed by atoms with E-state index in [9.17, 15) is 4.79 Å². The molecular weight excluding hydrogens is 260 g/mol. The molecular formula is C18H22N2O. The van der Waals surface area contributed by atoms with Crippen molar-refractivity contribution in [2.45, 2.75) is 32.6 Å². The Morgan fingerprint density at radius 1 is 1.19 bits per heavy atom. The number of nitrogens with zero attached hydrogens (tertiary/aromatic N) is 1. The van der Waals surface area contributed by atoms with Crippen LogP contribution < -0.4 is 10.6 Å². The second-order valence-corrected chi connectivity index (χ2v) is 5.74. The first-order chi connectivity index (χ1) is 10.2. The zero-order valence-electron chi connectivity index (χ0n) is 12.6. The van der Waals surface area contributed by atoms with E-state index in [1.807, 2.05) is 18.2 Å². The number of carbonyl (C=O) groups excluding carboxylic acids is 1. The van der Waals surface area contributed by atoms with E-state index in [0.717, 1.165) is 35.8 Å². The number of amides is 1. The summed E-state index contributed by atoms with van der Waals surface area (Å²) in [4.78, 5) is 14.5. The molecule has 2 aromatic rings. The second kappa shape index (κ2) is 5.76. The van der Waals surface area contributed by atoms with Crippen LogP contribution in [0, 0.1) is 0 Å². The van der Waals surface area contributed by atoms with Gasteiger partial charge in [0.1, 0.15) is 0 Å². The molecule has 2 N–H and O–H groups in total. The SMILES string of the molecule is CCc1c(N2CCCCC2)cc2ccccc2c1C(N)=O. The minimum absolute atomic E-state index is 0.318. The van der Waals surface area contributed by atoms with Gasteiger partial charge in [0.05, 0.1) is 5.56 Å². The van der Waals surface area contributed by atoms with Crippen LogP contribution in [0.15, 0.2) is 30.3 Å². The molecule has 0 aromatic heterocycles. The largest absolute Gasteiger partial charge is 0.371 e. The van der Waals surface area contributed by atoms with Crippen LogP contribution >= 0.6 is 0 Å². The summed E-state index contributed by atoms with van der Waals surface area (Å²) in [5.74, 6) is -0.318. The molecule has 1 fully saturated rings. The van der Waals surface area contributed by atoms with Gasteiger partial charge in [0, 0.05) is 18.8 Å². The van der Waals surface area contributed by atoms with E-state index in [1.165, 1.54) is 24.9 Å². The van der Waals surface area contributed by atoms with E-state index in [4.69, 9.17) is 5.73 Å². The number of piperidine rings is 1.